The number of ether oxygens (including phenoxy) is 1. The van der Waals surface area contributed by atoms with Crippen LogP contribution < -0.4 is 10.6 Å². The van der Waals surface area contributed by atoms with Crippen molar-refractivity contribution in [2.45, 2.75) is 6.04 Å². The maximum Gasteiger partial charge on any atom is 0.313 e. The molecule has 0 aliphatic carbocycles. The highest BCUT2D eigenvalue weighted by molar-refractivity contribution is 6.39. The Morgan fingerprint density at radius 2 is 1.97 bits per heavy atom. The number of aromatic nitrogens is 1. The highest BCUT2D eigenvalue weighted by Gasteiger charge is 2.26. The quantitative estimate of drug-likeness (QED) is 0.424. The molecule has 1 unspecified atom stereocenters. The normalized spacial score (nSPS) is 15.5. The maximum absolute atomic E-state index is 12.3. The average molecular weight is 401 g/mol. The molecule has 2 N–H and O–H groups in total. The number of amides is 2. The number of benzene rings is 1. The van der Waals surface area contributed by atoms with Gasteiger partial charge in [0.25, 0.3) is 5.69 Å². The number of nitro groups is 1. The predicted octanol–water partition coefficient (Wildman–Crippen LogP) is 1.06. The number of nitrogens with one attached hydrogen (secondary N) is 2. The van der Waals surface area contributed by atoms with Crippen LogP contribution in [0.3, 0.4) is 0 Å². The minimum absolute atomic E-state index is 0.103. The van der Waals surface area contributed by atoms with Crippen molar-refractivity contribution in [3.63, 3.8) is 0 Å². The summed E-state index contributed by atoms with van der Waals surface area (Å²) < 4.78 is 7.39. The van der Waals surface area contributed by atoms with Gasteiger partial charge in [-0.15, -0.1) is 0 Å². The molecular formula is C19H23N5O5. The number of rotatable bonds is 6. The number of hydrogen-bond acceptors (Lipinski definition) is 6. The van der Waals surface area contributed by atoms with Crippen molar-refractivity contribution in [3.8, 4) is 0 Å². The van der Waals surface area contributed by atoms with Crippen molar-refractivity contribution >= 4 is 23.2 Å². The van der Waals surface area contributed by atoms with Crippen molar-refractivity contribution < 1.29 is 19.2 Å². The third-order valence-electron chi connectivity index (χ3n) is 4.79. The molecule has 10 heteroatoms. The van der Waals surface area contributed by atoms with Gasteiger partial charge in [-0.05, 0) is 18.2 Å². The van der Waals surface area contributed by atoms with Crippen molar-refractivity contribution in [1.82, 2.24) is 14.8 Å². The lowest BCUT2D eigenvalue weighted by Crippen LogP contribution is -2.46. The highest BCUT2D eigenvalue weighted by Crippen LogP contribution is 2.21. The molecule has 1 aromatic heterocycles. The Bertz CT molecular complexity index is 891. The summed E-state index contributed by atoms with van der Waals surface area (Å²) >= 11 is 0. The van der Waals surface area contributed by atoms with Crippen LogP contribution in [0, 0.1) is 10.1 Å². The summed E-state index contributed by atoms with van der Waals surface area (Å²) in [5, 5.41) is 15.9. The lowest BCUT2D eigenvalue weighted by atomic mass is 10.1. The van der Waals surface area contributed by atoms with Crippen LogP contribution in [0.15, 0.2) is 42.6 Å². The third-order valence-corrected chi connectivity index (χ3v) is 4.79. The van der Waals surface area contributed by atoms with Crippen LogP contribution in [-0.4, -0.2) is 59.1 Å². The summed E-state index contributed by atoms with van der Waals surface area (Å²) in [5.74, 6) is -1.68. The largest absolute Gasteiger partial charge is 0.379 e. The van der Waals surface area contributed by atoms with Gasteiger partial charge in [-0.3, -0.25) is 24.6 Å². The van der Waals surface area contributed by atoms with Crippen LogP contribution in [0.5, 0.6) is 0 Å². The van der Waals surface area contributed by atoms with Gasteiger partial charge in [0, 0.05) is 56.4 Å². The van der Waals surface area contributed by atoms with Crippen molar-refractivity contribution in [1.29, 1.82) is 0 Å². The maximum atomic E-state index is 12.3. The van der Waals surface area contributed by atoms with Crippen molar-refractivity contribution in [3.05, 3.63) is 58.4 Å². The summed E-state index contributed by atoms with van der Waals surface area (Å²) in [7, 11) is 1.93. The Hall–Kier alpha value is -3.24. The first kappa shape index (κ1) is 20.5. The molecule has 1 fully saturated rings. The molecule has 0 radical (unpaired) electrons. The molecule has 29 heavy (non-hydrogen) atoms. The Morgan fingerprint density at radius 1 is 1.21 bits per heavy atom. The Balaban J connectivity index is 1.63. The lowest BCUT2D eigenvalue weighted by molar-refractivity contribution is -0.384. The Labute approximate surface area is 167 Å². The summed E-state index contributed by atoms with van der Waals surface area (Å²) in [6, 6.07) is 9.24. The van der Waals surface area contributed by atoms with E-state index in [4.69, 9.17) is 4.74 Å². The molecule has 3 rings (SSSR count). The molecule has 0 saturated carbocycles. The molecular weight excluding hydrogens is 378 g/mol. The zero-order valence-electron chi connectivity index (χ0n) is 16.0. The highest BCUT2D eigenvalue weighted by atomic mass is 16.6. The zero-order valence-corrected chi connectivity index (χ0v) is 16.0. The number of carbonyl (C=O) groups is 2. The molecule has 1 aromatic carbocycles. The van der Waals surface area contributed by atoms with Crippen LogP contribution in [-0.2, 0) is 21.4 Å². The molecule has 2 amide bonds. The van der Waals surface area contributed by atoms with E-state index in [0.717, 1.165) is 18.8 Å². The van der Waals surface area contributed by atoms with E-state index >= 15 is 0 Å². The van der Waals surface area contributed by atoms with Gasteiger partial charge in [0.15, 0.2) is 0 Å². The van der Waals surface area contributed by atoms with Gasteiger partial charge in [-0.25, -0.2) is 0 Å². The fourth-order valence-electron chi connectivity index (χ4n) is 3.29. The number of nitro benzene ring substituents is 1. The predicted molar refractivity (Wildman–Crippen MR) is 105 cm³/mol. The van der Waals surface area contributed by atoms with Crippen LogP contribution in [0.4, 0.5) is 11.4 Å². The molecule has 154 valence electrons. The lowest BCUT2D eigenvalue weighted by Gasteiger charge is -2.34. The van der Waals surface area contributed by atoms with Gasteiger partial charge in [-0.1, -0.05) is 6.07 Å². The van der Waals surface area contributed by atoms with E-state index in [1.165, 1.54) is 24.3 Å². The summed E-state index contributed by atoms with van der Waals surface area (Å²) in [5.41, 5.74) is 1.04. The van der Waals surface area contributed by atoms with Crippen LogP contribution in [0.1, 0.15) is 11.7 Å². The van der Waals surface area contributed by atoms with Crippen molar-refractivity contribution in [2.24, 2.45) is 7.05 Å². The SMILES string of the molecule is Cn1cccc1C(CNC(=O)C(=O)Nc1cccc([N+](=O)[O-])c1)N1CCOCC1. The smallest absolute Gasteiger partial charge is 0.313 e. The summed E-state index contributed by atoms with van der Waals surface area (Å²) in [6.07, 6.45) is 1.93. The second kappa shape index (κ2) is 9.30. The number of hydrogen-bond donors (Lipinski definition) is 2. The minimum Gasteiger partial charge on any atom is -0.379 e. The van der Waals surface area contributed by atoms with Crippen LogP contribution in [0.2, 0.25) is 0 Å². The first-order chi connectivity index (χ1) is 14.0. The van der Waals surface area contributed by atoms with E-state index in [1.807, 2.05) is 29.9 Å². The number of nitrogens with zero attached hydrogens (tertiary/aromatic N) is 3. The number of aryl methyl sites for hydroxylation is 1. The Kier molecular flexibility index (Phi) is 6.57. The van der Waals surface area contributed by atoms with Gasteiger partial charge in [0.2, 0.25) is 0 Å². The molecule has 2 aromatic rings. The summed E-state index contributed by atoms with van der Waals surface area (Å²) in [6.45, 7) is 2.93. The van der Waals surface area contributed by atoms with Gasteiger partial charge >= 0.3 is 11.8 Å². The number of anilines is 1. The first-order valence-corrected chi connectivity index (χ1v) is 9.22. The summed E-state index contributed by atoms with van der Waals surface area (Å²) in [4.78, 5) is 37.0. The zero-order chi connectivity index (χ0) is 20.8. The monoisotopic (exact) mass is 401 g/mol. The van der Waals surface area contributed by atoms with Crippen LogP contribution >= 0.6 is 0 Å². The van der Waals surface area contributed by atoms with Gasteiger partial charge in [0.1, 0.15) is 0 Å². The minimum atomic E-state index is -0.877. The van der Waals surface area contributed by atoms with Gasteiger partial charge in [-0.2, -0.15) is 0 Å². The van der Waals surface area contributed by atoms with E-state index in [2.05, 4.69) is 15.5 Å². The standard InChI is InChI=1S/C19H23N5O5/c1-22-7-3-6-16(22)17(23-8-10-29-11-9-23)13-20-18(25)19(26)21-14-4-2-5-15(12-14)24(27)28/h2-7,12,17H,8-11,13H2,1H3,(H,20,25)(H,21,26). The molecule has 1 aliphatic rings. The second-order valence-electron chi connectivity index (χ2n) is 6.68. The molecule has 10 nitrogen and oxygen atoms in total. The topological polar surface area (TPSA) is 119 Å². The Morgan fingerprint density at radius 3 is 2.62 bits per heavy atom. The van der Waals surface area contributed by atoms with E-state index in [-0.39, 0.29) is 24.0 Å². The molecule has 1 saturated heterocycles. The van der Waals surface area contributed by atoms with E-state index in [1.54, 1.807) is 0 Å². The molecule has 1 atom stereocenters. The number of non-ortho nitro benzene ring substituents is 1. The molecule has 0 spiro atoms. The molecule has 1 aliphatic heterocycles. The molecule has 2 heterocycles. The fraction of sp³-hybridized carbons (Fsp3) is 0.368. The van der Waals surface area contributed by atoms with E-state index < -0.39 is 16.7 Å². The molecule has 0 bridgehead atoms. The second-order valence-corrected chi connectivity index (χ2v) is 6.68. The fourth-order valence-corrected chi connectivity index (χ4v) is 3.29. The van der Waals surface area contributed by atoms with E-state index in [0.29, 0.717) is 13.2 Å². The van der Waals surface area contributed by atoms with E-state index in [9.17, 15) is 19.7 Å². The number of carbonyl (C=O) groups excluding carboxylic acids is 2. The average Bonchev–Trinajstić information content (AvgIpc) is 3.14. The third kappa shape index (κ3) is 5.18. The first-order valence-electron chi connectivity index (χ1n) is 9.22. The van der Waals surface area contributed by atoms with Gasteiger partial charge < -0.3 is 19.9 Å². The van der Waals surface area contributed by atoms with Crippen LogP contribution in [0.25, 0.3) is 0 Å². The van der Waals surface area contributed by atoms with Crippen molar-refractivity contribution in [2.75, 3.05) is 38.2 Å². The van der Waals surface area contributed by atoms with Gasteiger partial charge in [0.05, 0.1) is 24.2 Å². The number of morpholine rings is 1.